The van der Waals surface area contributed by atoms with Crippen LogP contribution in [0.2, 0.25) is 5.02 Å². The van der Waals surface area contributed by atoms with Gasteiger partial charge in [-0.2, -0.15) is 5.10 Å². The summed E-state index contributed by atoms with van der Waals surface area (Å²) in [6, 6.07) is 0. The Labute approximate surface area is 137 Å². The van der Waals surface area contributed by atoms with Crippen molar-refractivity contribution in [2.24, 2.45) is 5.92 Å². The summed E-state index contributed by atoms with van der Waals surface area (Å²) in [6.07, 6.45) is 10.3. The molecular formula is C16H25ClN4O. The fourth-order valence-corrected chi connectivity index (χ4v) is 3.65. The quantitative estimate of drug-likeness (QED) is 0.858. The second-order valence-electron chi connectivity index (χ2n) is 6.47. The minimum Gasteiger partial charge on any atom is -0.342 e. The van der Waals surface area contributed by atoms with E-state index in [1.54, 1.807) is 6.20 Å². The number of nitrogens with zero attached hydrogens (tertiary/aromatic N) is 4. The number of halogens is 1. The van der Waals surface area contributed by atoms with Gasteiger partial charge in [0.05, 0.1) is 17.9 Å². The van der Waals surface area contributed by atoms with Gasteiger partial charge in [-0.15, -0.1) is 0 Å². The molecule has 22 heavy (non-hydrogen) atoms. The minimum absolute atomic E-state index is 0.218. The summed E-state index contributed by atoms with van der Waals surface area (Å²) < 4.78 is 1.86. The Morgan fingerprint density at radius 1 is 1.14 bits per heavy atom. The maximum atomic E-state index is 12.6. The smallest absolute Gasteiger partial charge is 0.225 e. The first-order chi connectivity index (χ1) is 10.7. The van der Waals surface area contributed by atoms with E-state index in [0.717, 1.165) is 45.7 Å². The number of likely N-dealkylation sites (tertiary alicyclic amines) is 2. The zero-order chi connectivity index (χ0) is 15.4. The number of piperidine rings is 1. The molecule has 0 aromatic carbocycles. The Hall–Kier alpha value is -1.07. The summed E-state index contributed by atoms with van der Waals surface area (Å²) in [6.45, 7) is 4.61. The van der Waals surface area contributed by atoms with Gasteiger partial charge >= 0.3 is 0 Å². The third kappa shape index (κ3) is 4.02. The van der Waals surface area contributed by atoms with Crippen LogP contribution in [0.15, 0.2) is 12.4 Å². The van der Waals surface area contributed by atoms with Crippen LogP contribution in [0.1, 0.15) is 38.5 Å². The van der Waals surface area contributed by atoms with Crippen LogP contribution >= 0.6 is 11.6 Å². The highest BCUT2D eigenvalue weighted by molar-refractivity contribution is 6.30. The predicted octanol–water partition coefficient (Wildman–Crippen LogP) is 2.61. The van der Waals surface area contributed by atoms with Gasteiger partial charge in [0.1, 0.15) is 0 Å². The van der Waals surface area contributed by atoms with E-state index in [2.05, 4.69) is 14.9 Å². The monoisotopic (exact) mass is 324 g/mol. The van der Waals surface area contributed by atoms with Crippen molar-refractivity contribution < 1.29 is 4.79 Å². The zero-order valence-electron chi connectivity index (χ0n) is 13.1. The van der Waals surface area contributed by atoms with E-state index in [1.807, 2.05) is 10.9 Å². The normalized spacial score (nSPS) is 21.8. The van der Waals surface area contributed by atoms with Crippen molar-refractivity contribution in [3.8, 4) is 0 Å². The average Bonchev–Trinajstić information content (AvgIpc) is 2.78. The van der Waals surface area contributed by atoms with Gasteiger partial charge in [-0.1, -0.05) is 24.4 Å². The van der Waals surface area contributed by atoms with Gasteiger partial charge in [0, 0.05) is 38.3 Å². The molecule has 1 aromatic rings. The van der Waals surface area contributed by atoms with Crippen molar-refractivity contribution in [1.82, 2.24) is 19.6 Å². The van der Waals surface area contributed by atoms with Crippen molar-refractivity contribution in [1.29, 1.82) is 0 Å². The van der Waals surface area contributed by atoms with Crippen molar-refractivity contribution in [3.63, 3.8) is 0 Å². The van der Waals surface area contributed by atoms with Crippen LogP contribution in [0.3, 0.4) is 0 Å². The molecule has 0 aliphatic carbocycles. The third-order valence-electron chi connectivity index (χ3n) is 4.80. The molecule has 2 aliphatic rings. The molecule has 3 heterocycles. The van der Waals surface area contributed by atoms with E-state index < -0.39 is 0 Å². The lowest BCUT2D eigenvalue weighted by atomic mass is 9.95. The van der Waals surface area contributed by atoms with E-state index in [9.17, 15) is 4.79 Å². The van der Waals surface area contributed by atoms with E-state index in [0.29, 0.717) is 10.9 Å². The highest BCUT2D eigenvalue weighted by Crippen LogP contribution is 2.22. The molecule has 5 nitrogen and oxygen atoms in total. The van der Waals surface area contributed by atoms with Gasteiger partial charge in [0.2, 0.25) is 5.91 Å². The average molecular weight is 325 g/mol. The molecule has 0 unspecified atom stereocenters. The maximum Gasteiger partial charge on any atom is 0.225 e. The van der Waals surface area contributed by atoms with Crippen LogP contribution in [-0.2, 0) is 11.5 Å². The lowest BCUT2D eigenvalue weighted by Gasteiger charge is -2.33. The molecule has 0 spiro atoms. The summed E-state index contributed by atoms with van der Waals surface area (Å²) in [5.41, 5.74) is 0. The number of hydrogen-bond donors (Lipinski definition) is 0. The van der Waals surface area contributed by atoms with Crippen LogP contribution in [0.25, 0.3) is 0 Å². The Bertz CT molecular complexity index is 488. The molecule has 2 saturated heterocycles. The maximum absolute atomic E-state index is 12.6. The van der Waals surface area contributed by atoms with Crippen LogP contribution in [0.5, 0.6) is 0 Å². The van der Waals surface area contributed by atoms with E-state index in [-0.39, 0.29) is 5.92 Å². The number of aromatic nitrogens is 2. The first-order valence-electron chi connectivity index (χ1n) is 8.41. The van der Waals surface area contributed by atoms with Crippen LogP contribution in [0, 0.1) is 5.92 Å². The highest BCUT2D eigenvalue weighted by atomic mass is 35.5. The molecule has 0 N–H and O–H groups in total. The first kappa shape index (κ1) is 15.8. The number of carbonyl (C=O) groups is 1. The van der Waals surface area contributed by atoms with Crippen molar-refractivity contribution in [2.45, 2.75) is 45.2 Å². The second kappa shape index (κ2) is 7.47. The minimum atomic E-state index is 0.218. The lowest BCUT2D eigenvalue weighted by Crippen LogP contribution is -2.43. The molecule has 2 fully saturated rings. The Kier molecular flexibility index (Phi) is 5.37. The van der Waals surface area contributed by atoms with E-state index in [4.69, 9.17) is 11.6 Å². The number of amides is 1. The molecule has 1 amide bonds. The van der Waals surface area contributed by atoms with Crippen molar-refractivity contribution in [2.75, 3.05) is 26.2 Å². The standard InChI is InChI=1S/C16H25ClN4O/c17-15-11-18-21(12-15)13-19-9-5-14(6-10-19)16(22)20-7-3-1-2-4-8-20/h11-12,14H,1-10,13H2. The van der Waals surface area contributed by atoms with E-state index >= 15 is 0 Å². The first-order valence-corrected chi connectivity index (χ1v) is 8.79. The van der Waals surface area contributed by atoms with Crippen LogP contribution < -0.4 is 0 Å². The number of hydrogen-bond acceptors (Lipinski definition) is 3. The molecule has 0 radical (unpaired) electrons. The van der Waals surface area contributed by atoms with E-state index in [1.165, 1.54) is 25.7 Å². The second-order valence-corrected chi connectivity index (χ2v) is 6.91. The molecule has 0 bridgehead atoms. The fraction of sp³-hybridized carbons (Fsp3) is 0.750. The predicted molar refractivity (Wildman–Crippen MR) is 86.6 cm³/mol. The molecular weight excluding hydrogens is 300 g/mol. The summed E-state index contributed by atoms with van der Waals surface area (Å²) in [5.74, 6) is 0.610. The van der Waals surface area contributed by atoms with Crippen molar-refractivity contribution in [3.05, 3.63) is 17.4 Å². The SMILES string of the molecule is O=C(C1CCN(Cn2cc(Cl)cn2)CC1)N1CCCCCC1. The molecule has 0 saturated carbocycles. The third-order valence-corrected chi connectivity index (χ3v) is 5.00. The Morgan fingerprint density at radius 2 is 1.82 bits per heavy atom. The Morgan fingerprint density at radius 3 is 2.41 bits per heavy atom. The van der Waals surface area contributed by atoms with Crippen molar-refractivity contribution >= 4 is 17.5 Å². The van der Waals surface area contributed by atoms with Gasteiger partial charge < -0.3 is 4.90 Å². The van der Waals surface area contributed by atoms with Gasteiger partial charge in [-0.3, -0.25) is 14.4 Å². The number of carbonyl (C=O) groups excluding carboxylic acids is 1. The fourth-order valence-electron chi connectivity index (χ4n) is 3.49. The summed E-state index contributed by atoms with van der Waals surface area (Å²) in [7, 11) is 0. The topological polar surface area (TPSA) is 41.4 Å². The molecule has 2 aliphatic heterocycles. The van der Waals surface area contributed by atoms with Crippen LogP contribution in [0.4, 0.5) is 0 Å². The zero-order valence-corrected chi connectivity index (χ0v) is 13.8. The number of rotatable bonds is 3. The van der Waals surface area contributed by atoms with Gasteiger partial charge in [-0.25, -0.2) is 0 Å². The van der Waals surface area contributed by atoms with Crippen LogP contribution in [-0.4, -0.2) is 51.7 Å². The van der Waals surface area contributed by atoms with Gasteiger partial charge in [0.15, 0.2) is 0 Å². The van der Waals surface area contributed by atoms with Gasteiger partial charge in [-0.05, 0) is 25.7 Å². The summed E-state index contributed by atoms with van der Waals surface area (Å²) in [5, 5.41) is 4.89. The highest BCUT2D eigenvalue weighted by Gasteiger charge is 2.28. The molecule has 122 valence electrons. The molecule has 3 rings (SSSR count). The summed E-state index contributed by atoms with van der Waals surface area (Å²) >= 11 is 5.89. The molecule has 0 atom stereocenters. The molecule has 1 aromatic heterocycles. The molecule has 6 heteroatoms. The largest absolute Gasteiger partial charge is 0.342 e. The van der Waals surface area contributed by atoms with Gasteiger partial charge in [0.25, 0.3) is 0 Å². The summed E-state index contributed by atoms with van der Waals surface area (Å²) in [4.78, 5) is 17.1. The Balaban J connectivity index is 1.47. The lowest BCUT2D eigenvalue weighted by molar-refractivity contribution is -0.137.